The van der Waals surface area contributed by atoms with E-state index in [-0.39, 0.29) is 24.5 Å². The van der Waals surface area contributed by atoms with Crippen LogP contribution in [0.1, 0.15) is 6.42 Å². The van der Waals surface area contributed by atoms with Crippen LogP contribution in [0, 0.1) is 0 Å². The van der Waals surface area contributed by atoms with E-state index in [0.717, 1.165) is 0 Å². The summed E-state index contributed by atoms with van der Waals surface area (Å²) in [6.45, 7) is 0.899. The number of nitrogens with two attached hydrogens (primary N) is 1. The van der Waals surface area contributed by atoms with Gasteiger partial charge in [0.25, 0.3) is 0 Å². The summed E-state index contributed by atoms with van der Waals surface area (Å²) in [5.74, 6) is -0.136. The Balaban J connectivity index is 3.57. The van der Waals surface area contributed by atoms with Crippen LogP contribution in [-0.2, 0) is 19.4 Å². The molecule has 0 rings (SSSR count). The third-order valence-electron chi connectivity index (χ3n) is 1.35. The molecule has 0 aromatic rings. The van der Waals surface area contributed by atoms with Crippen LogP contribution in [0.25, 0.3) is 0 Å². The standard InChI is InChI=1S/C7H15NO4S/c8-2-4-12-5-7-13(10,11)6-1-3-9/h3H,1-2,4-8H2. The summed E-state index contributed by atoms with van der Waals surface area (Å²) in [5.41, 5.74) is 5.14. The number of hydrogen-bond acceptors (Lipinski definition) is 5. The largest absolute Gasteiger partial charge is 0.379 e. The number of rotatable bonds is 8. The van der Waals surface area contributed by atoms with Gasteiger partial charge in [0.1, 0.15) is 6.29 Å². The summed E-state index contributed by atoms with van der Waals surface area (Å²) in [7, 11) is -3.12. The van der Waals surface area contributed by atoms with Gasteiger partial charge >= 0.3 is 0 Å². The Morgan fingerprint density at radius 1 is 1.23 bits per heavy atom. The predicted octanol–water partition coefficient (Wildman–Crippen LogP) is -1.03. The number of aldehydes is 1. The van der Waals surface area contributed by atoms with Gasteiger partial charge in [0, 0.05) is 13.0 Å². The summed E-state index contributed by atoms with van der Waals surface area (Å²) in [6.07, 6.45) is 0.650. The molecule has 0 saturated heterocycles. The number of hydrogen-bond donors (Lipinski definition) is 1. The molecule has 13 heavy (non-hydrogen) atoms. The zero-order valence-electron chi connectivity index (χ0n) is 7.44. The third kappa shape index (κ3) is 7.89. The maximum absolute atomic E-state index is 11.1. The molecule has 5 nitrogen and oxygen atoms in total. The van der Waals surface area contributed by atoms with Crippen molar-refractivity contribution in [1.82, 2.24) is 0 Å². The molecule has 0 aromatic heterocycles. The van der Waals surface area contributed by atoms with Crippen LogP contribution in [0.5, 0.6) is 0 Å². The lowest BCUT2D eigenvalue weighted by Gasteiger charge is -2.02. The number of ether oxygens (including phenoxy) is 1. The van der Waals surface area contributed by atoms with Crippen molar-refractivity contribution < 1.29 is 17.9 Å². The van der Waals surface area contributed by atoms with Crippen molar-refractivity contribution in [2.75, 3.05) is 31.3 Å². The van der Waals surface area contributed by atoms with Gasteiger partial charge in [-0.3, -0.25) is 0 Å². The van der Waals surface area contributed by atoms with E-state index in [1.165, 1.54) is 0 Å². The van der Waals surface area contributed by atoms with Crippen LogP contribution in [-0.4, -0.2) is 46.0 Å². The lowest BCUT2D eigenvalue weighted by atomic mass is 10.6. The van der Waals surface area contributed by atoms with Crippen molar-refractivity contribution in [2.45, 2.75) is 6.42 Å². The Kier molecular flexibility index (Phi) is 6.75. The SMILES string of the molecule is NCCOCCS(=O)(=O)CCC=O. The molecule has 0 aliphatic heterocycles. The van der Waals surface area contributed by atoms with Gasteiger partial charge in [-0.05, 0) is 0 Å². The number of sulfone groups is 1. The van der Waals surface area contributed by atoms with Crippen LogP contribution < -0.4 is 5.73 Å². The molecule has 0 amide bonds. The van der Waals surface area contributed by atoms with E-state index >= 15 is 0 Å². The second kappa shape index (κ2) is 6.99. The minimum absolute atomic E-state index is 0.0408. The monoisotopic (exact) mass is 209 g/mol. The molecule has 0 aliphatic carbocycles. The highest BCUT2D eigenvalue weighted by molar-refractivity contribution is 7.91. The molecule has 0 radical (unpaired) electrons. The highest BCUT2D eigenvalue weighted by Gasteiger charge is 2.09. The van der Waals surface area contributed by atoms with Gasteiger partial charge in [0.15, 0.2) is 9.84 Å². The summed E-state index contributed by atoms with van der Waals surface area (Å²) in [6, 6.07) is 0. The first-order valence-electron chi connectivity index (χ1n) is 4.04. The average Bonchev–Trinajstić information content (AvgIpc) is 2.09. The summed E-state index contributed by atoms with van der Waals surface area (Å²) >= 11 is 0. The van der Waals surface area contributed by atoms with Gasteiger partial charge in [-0.1, -0.05) is 0 Å². The fourth-order valence-electron chi connectivity index (χ4n) is 0.701. The average molecular weight is 209 g/mol. The van der Waals surface area contributed by atoms with Crippen LogP contribution >= 0.6 is 0 Å². The van der Waals surface area contributed by atoms with Crippen LogP contribution in [0.2, 0.25) is 0 Å². The topological polar surface area (TPSA) is 86.5 Å². The van der Waals surface area contributed by atoms with E-state index in [0.29, 0.717) is 19.4 Å². The van der Waals surface area contributed by atoms with Gasteiger partial charge in [-0.15, -0.1) is 0 Å². The maximum Gasteiger partial charge on any atom is 0.152 e. The van der Waals surface area contributed by atoms with E-state index in [1.807, 2.05) is 0 Å². The molecule has 0 spiro atoms. The zero-order valence-corrected chi connectivity index (χ0v) is 8.26. The molecule has 0 aromatic carbocycles. The fourth-order valence-corrected chi connectivity index (χ4v) is 1.73. The minimum Gasteiger partial charge on any atom is -0.379 e. The van der Waals surface area contributed by atoms with Crippen molar-refractivity contribution >= 4 is 16.1 Å². The van der Waals surface area contributed by atoms with Crippen molar-refractivity contribution in [3.63, 3.8) is 0 Å². The van der Waals surface area contributed by atoms with Crippen molar-refractivity contribution in [1.29, 1.82) is 0 Å². The Labute approximate surface area is 78.2 Å². The lowest BCUT2D eigenvalue weighted by Crippen LogP contribution is -2.18. The van der Waals surface area contributed by atoms with Gasteiger partial charge in [-0.25, -0.2) is 8.42 Å². The molecule has 0 atom stereocenters. The highest BCUT2D eigenvalue weighted by Crippen LogP contribution is 1.92. The smallest absolute Gasteiger partial charge is 0.152 e. The first-order chi connectivity index (χ1) is 6.12. The molecule has 0 unspecified atom stereocenters. The molecule has 78 valence electrons. The summed E-state index contributed by atoms with van der Waals surface area (Å²) in [4.78, 5) is 9.92. The molecule has 0 aliphatic rings. The predicted molar refractivity (Wildman–Crippen MR) is 49.2 cm³/mol. The van der Waals surface area contributed by atoms with Crippen LogP contribution in [0.15, 0.2) is 0 Å². The molecular weight excluding hydrogens is 194 g/mol. The molecule has 0 heterocycles. The summed E-state index contributed by atoms with van der Waals surface area (Å²) < 4.78 is 27.1. The van der Waals surface area contributed by atoms with E-state index < -0.39 is 9.84 Å². The fraction of sp³-hybridized carbons (Fsp3) is 0.857. The molecule has 6 heteroatoms. The van der Waals surface area contributed by atoms with Crippen LogP contribution in [0.4, 0.5) is 0 Å². The number of carbonyl (C=O) groups is 1. The molecule has 0 bridgehead atoms. The molecular formula is C7H15NO4S. The third-order valence-corrected chi connectivity index (χ3v) is 2.99. The normalized spacial score (nSPS) is 11.5. The van der Waals surface area contributed by atoms with E-state index in [9.17, 15) is 13.2 Å². The quantitative estimate of drug-likeness (QED) is 0.408. The van der Waals surface area contributed by atoms with Crippen LogP contribution in [0.3, 0.4) is 0 Å². The number of carbonyl (C=O) groups excluding carboxylic acids is 1. The van der Waals surface area contributed by atoms with E-state index in [2.05, 4.69) is 0 Å². The minimum atomic E-state index is -3.12. The second-order valence-corrected chi connectivity index (χ2v) is 4.81. The molecule has 2 N–H and O–H groups in total. The first kappa shape index (κ1) is 12.5. The Bertz CT molecular complexity index is 225. The Morgan fingerprint density at radius 2 is 1.92 bits per heavy atom. The zero-order chi connectivity index (χ0) is 10.2. The highest BCUT2D eigenvalue weighted by atomic mass is 32.2. The van der Waals surface area contributed by atoms with Gasteiger partial charge < -0.3 is 15.3 Å². The van der Waals surface area contributed by atoms with E-state index in [4.69, 9.17) is 10.5 Å². The Hall–Kier alpha value is -0.460. The molecule has 0 fully saturated rings. The van der Waals surface area contributed by atoms with Crippen molar-refractivity contribution in [2.24, 2.45) is 5.73 Å². The van der Waals surface area contributed by atoms with Crippen molar-refractivity contribution in [3.8, 4) is 0 Å². The summed E-state index contributed by atoms with van der Waals surface area (Å²) in [5, 5.41) is 0. The van der Waals surface area contributed by atoms with E-state index in [1.54, 1.807) is 0 Å². The first-order valence-corrected chi connectivity index (χ1v) is 5.86. The maximum atomic E-state index is 11.1. The Morgan fingerprint density at radius 3 is 2.46 bits per heavy atom. The van der Waals surface area contributed by atoms with Gasteiger partial charge in [0.05, 0.1) is 24.7 Å². The molecule has 0 saturated carbocycles. The van der Waals surface area contributed by atoms with Crippen molar-refractivity contribution in [3.05, 3.63) is 0 Å². The lowest BCUT2D eigenvalue weighted by molar-refractivity contribution is -0.107. The van der Waals surface area contributed by atoms with Gasteiger partial charge in [-0.2, -0.15) is 0 Å². The second-order valence-electron chi connectivity index (χ2n) is 2.51. The van der Waals surface area contributed by atoms with Gasteiger partial charge in [0.2, 0.25) is 0 Å².